The normalized spacial score (nSPS) is 10.3. The van der Waals surface area contributed by atoms with Crippen LogP contribution in [0.25, 0.3) is 22.3 Å². The van der Waals surface area contributed by atoms with Gasteiger partial charge < -0.3 is 14.6 Å². The van der Waals surface area contributed by atoms with Crippen molar-refractivity contribution in [2.45, 2.75) is 25.8 Å². The molecule has 4 aromatic carbocycles. The Labute approximate surface area is 211 Å². The van der Waals surface area contributed by atoms with Crippen molar-refractivity contribution >= 4 is 15.9 Å². The van der Waals surface area contributed by atoms with E-state index >= 15 is 0 Å². The Morgan fingerprint density at radius 3 is 1.29 bits per heavy atom. The Balaban J connectivity index is 0.000000191. The van der Waals surface area contributed by atoms with E-state index in [4.69, 9.17) is 14.6 Å². The first-order valence-electron chi connectivity index (χ1n) is 11.1. The highest BCUT2D eigenvalue weighted by Gasteiger charge is 2.03. The fourth-order valence-electron chi connectivity index (χ4n) is 3.70. The number of benzene rings is 4. The van der Waals surface area contributed by atoms with E-state index in [9.17, 15) is 0 Å². The second kappa shape index (κ2) is 12.4. The monoisotopic (exact) mass is 518 g/mol. The van der Waals surface area contributed by atoms with Crippen LogP contribution in [0.4, 0.5) is 0 Å². The Morgan fingerprint density at radius 1 is 0.588 bits per heavy atom. The molecule has 0 heterocycles. The minimum Gasteiger partial charge on any atom is -0.496 e. The van der Waals surface area contributed by atoms with Gasteiger partial charge in [0.2, 0.25) is 0 Å². The molecule has 0 aliphatic carbocycles. The Morgan fingerprint density at radius 2 is 0.971 bits per heavy atom. The molecule has 4 rings (SSSR count). The van der Waals surface area contributed by atoms with E-state index in [-0.39, 0.29) is 6.61 Å². The predicted molar refractivity (Wildman–Crippen MR) is 145 cm³/mol. The van der Waals surface area contributed by atoms with Gasteiger partial charge in [-0.2, -0.15) is 0 Å². The fraction of sp³-hybridized carbons (Fsp3) is 0.200. The highest BCUT2D eigenvalue weighted by molar-refractivity contribution is 9.08. The summed E-state index contributed by atoms with van der Waals surface area (Å²) in [6.45, 7) is 4.18. The van der Waals surface area contributed by atoms with Crippen molar-refractivity contribution in [3.05, 3.63) is 107 Å². The second-order valence-corrected chi connectivity index (χ2v) is 8.62. The molecule has 1 N–H and O–H groups in total. The van der Waals surface area contributed by atoms with Crippen molar-refractivity contribution in [2.75, 3.05) is 14.2 Å². The van der Waals surface area contributed by atoms with Crippen LogP contribution >= 0.6 is 15.9 Å². The molecule has 176 valence electrons. The zero-order valence-electron chi connectivity index (χ0n) is 20.1. The van der Waals surface area contributed by atoms with Gasteiger partial charge in [0.15, 0.2) is 0 Å². The van der Waals surface area contributed by atoms with E-state index in [1.54, 1.807) is 14.2 Å². The number of rotatable bonds is 6. The van der Waals surface area contributed by atoms with Gasteiger partial charge in [-0.3, -0.25) is 0 Å². The fourth-order valence-corrected chi connectivity index (χ4v) is 4.08. The van der Waals surface area contributed by atoms with Crippen molar-refractivity contribution in [2.24, 2.45) is 0 Å². The Bertz CT molecular complexity index is 1100. The molecule has 0 saturated heterocycles. The molecular weight excluding hydrogens is 488 g/mol. The summed E-state index contributed by atoms with van der Waals surface area (Å²) in [4.78, 5) is 0. The van der Waals surface area contributed by atoms with Gasteiger partial charge in [0.1, 0.15) is 11.5 Å². The smallest absolute Gasteiger partial charge is 0.121 e. The van der Waals surface area contributed by atoms with Gasteiger partial charge in [0.05, 0.1) is 20.8 Å². The molecule has 0 aromatic heterocycles. The lowest BCUT2D eigenvalue weighted by atomic mass is 10.0. The SMILES string of the molecule is COc1ccc(-c2ccc(CBr)cc2)cc1C.COc1ccc(-c2ccc(CO)cc2)cc1C. The molecule has 0 atom stereocenters. The zero-order valence-corrected chi connectivity index (χ0v) is 21.7. The second-order valence-electron chi connectivity index (χ2n) is 8.05. The van der Waals surface area contributed by atoms with Crippen LogP contribution < -0.4 is 9.47 Å². The molecule has 0 bridgehead atoms. The summed E-state index contributed by atoms with van der Waals surface area (Å²) in [7, 11) is 3.38. The lowest BCUT2D eigenvalue weighted by Gasteiger charge is -2.08. The third-order valence-corrected chi connectivity index (χ3v) is 6.35. The van der Waals surface area contributed by atoms with Gasteiger partial charge in [-0.15, -0.1) is 0 Å². The summed E-state index contributed by atoms with van der Waals surface area (Å²) >= 11 is 3.45. The van der Waals surface area contributed by atoms with Gasteiger partial charge in [-0.1, -0.05) is 76.6 Å². The number of alkyl halides is 1. The standard InChI is InChI=1S/C15H15BrO.C15H16O2/c2*1-11-9-14(7-8-15(11)17-2)13-5-3-12(10-16)4-6-13/h3-9H,10H2,1-2H3;3-9,16H,10H2,1-2H3. The number of aliphatic hydroxyl groups is 1. The maximum Gasteiger partial charge on any atom is 0.121 e. The first-order valence-corrected chi connectivity index (χ1v) is 12.3. The van der Waals surface area contributed by atoms with Crippen LogP contribution in [0.5, 0.6) is 11.5 Å². The largest absolute Gasteiger partial charge is 0.496 e. The number of hydrogen-bond acceptors (Lipinski definition) is 3. The van der Waals surface area contributed by atoms with Gasteiger partial charge in [0, 0.05) is 5.33 Å². The zero-order chi connectivity index (χ0) is 24.5. The third-order valence-electron chi connectivity index (χ3n) is 5.70. The van der Waals surface area contributed by atoms with E-state index in [0.717, 1.165) is 44.6 Å². The number of hydrogen-bond donors (Lipinski definition) is 1. The maximum atomic E-state index is 8.99. The maximum absolute atomic E-state index is 8.99. The number of methoxy groups -OCH3 is 2. The van der Waals surface area contributed by atoms with Crippen molar-refractivity contribution in [1.29, 1.82) is 0 Å². The summed E-state index contributed by atoms with van der Waals surface area (Å²) in [5, 5.41) is 9.89. The first kappa shape index (κ1) is 25.5. The number of aliphatic hydroxyl groups excluding tert-OH is 1. The molecular formula is C30H31BrO3. The van der Waals surface area contributed by atoms with Crippen LogP contribution in [-0.4, -0.2) is 19.3 Å². The van der Waals surface area contributed by atoms with Crippen molar-refractivity contribution in [3.8, 4) is 33.8 Å². The predicted octanol–water partition coefficient (Wildman–Crippen LogP) is 7.73. The lowest BCUT2D eigenvalue weighted by molar-refractivity contribution is 0.282. The summed E-state index contributed by atoms with van der Waals surface area (Å²) in [5.74, 6) is 1.84. The average Bonchev–Trinajstić information content (AvgIpc) is 2.89. The van der Waals surface area contributed by atoms with Gasteiger partial charge in [-0.05, 0) is 82.6 Å². The van der Waals surface area contributed by atoms with Crippen LogP contribution in [0, 0.1) is 13.8 Å². The van der Waals surface area contributed by atoms with Crippen LogP contribution in [0.2, 0.25) is 0 Å². The Hall–Kier alpha value is -3.08. The van der Waals surface area contributed by atoms with Crippen LogP contribution in [0.3, 0.4) is 0 Å². The summed E-state index contributed by atoms with van der Waals surface area (Å²) in [6.07, 6.45) is 0. The molecule has 0 fully saturated rings. The van der Waals surface area contributed by atoms with E-state index in [1.807, 2.05) is 49.4 Å². The molecule has 0 amide bonds. The van der Waals surface area contributed by atoms with Crippen LogP contribution in [0.1, 0.15) is 22.3 Å². The van der Waals surface area contributed by atoms with E-state index in [0.29, 0.717) is 0 Å². The lowest BCUT2D eigenvalue weighted by Crippen LogP contribution is -1.88. The molecule has 0 unspecified atom stereocenters. The minimum absolute atomic E-state index is 0.0852. The van der Waals surface area contributed by atoms with Gasteiger partial charge in [0.25, 0.3) is 0 Å². The average molecular weight is 519 g/mol. The highest BCUT2D eigenvalue weighted by Crippen LogP contribution is 2.27. The molecule has 3 nitrogen and oxygen atoms in total. The summed E-state index contributed by atoms with van der Waals surface area (Å²) in [6, 6.07) is 28.9. The Kier molecular flexibility index (Phi) is 9.32. The summed E-state index contributed by atoms with van der Waals surface area (Å²) in [5.41, 5.74) is 9.27. The van der Waals surface area contributed by atoms with Crippen molar-refractivity contribution in [3.63, 3.8) is 0 Å². The van der Waals surface area contributed by atoms with E-state index in [1.165, 1.54) is 16.7 Å². The topological polar surface area (TPSA) is 38.7 Å². The molecule has 0 spiro atoms. The van der Waals surface area contributed by atoms with E-state index < -0.39 is 0 Å². The van der Waals surface area contributed by atoms with Gasteiger partial charge >= 0.3 is 0 Å². The van der Waals surface area contributed by atoms with Gasteiger partial charge in [-0.25, -0.2) is 0 Å². The number of halogens is 1. The number of ether oxygens (including phenoxy) is 2. The molecule has 0 aliphatic heterocycles. The van der Waals surface area contributed by atoms with Crippen molar-refractivity contribution in [1.82, 2.24) is 0 Å². The molecule has 0 aliphatic rings. The molecule has 0 saturated carbocycles. The third kappa shape index (κ3) is 6.49. The van der Waals surface area contributed by atoms with E-state index in [2.05, 4.69) is 65.3 Å². The highest BCUT2D eigenvalue weighted by atomic mass is 79.9. The van der Waals surface area contributed by atoms with Crippen LogP contribution in [0.15, 0.2) is 84.9 Å². The number of aryl methyl sites for hydroxylation is 2. The molecule has 4 aromatic rings. The summed E-state index contributed by atoms with van der Waals surface area (Å²) < 4.78 is 10.5. The van der Waals surface area contributed by atoms with Crippen LogP contribution in [-0.2, 0) is 11.9 Å². The first-order chi connectivity index (χ1) is 16.5. The minimum atomic E-state index is 0.0852. The molecule has 34 heavy (non-hydrogen) atoms. The quantitative estimate of drug-likeness (QED) is 0.265. The molecule has 4 heteroatoms. The molecule has 0 radical (unpaired) electrons. The van der Waals surface area contributed by atoms with Crippen molar-refractivity contribution < 1.29 is 14.6 Å².